The van der Waals surface area contributed by atoms with Gasteiger partial charge in [-0.25, -0.2) is 0 Å². The van der Waals surface area contributed by atoms with E-state index in [0.29, 0.717) is 0 Å². The Morgan fingerprint density at radius 3 is 2.67 bits per heavy atom. The van der Waals surface area contributed by atoms with E-state index >= 15 is 0 Å². The van der Waals surface area contributed by atoms with E-state index in [-0.39, 0.29) is 0 Å². The monoisotopic (exact) mass is 242 g/mol. The molecule has 0 amide bonds. The fraction of sp³-hybridized carbons (Fsp3) is 0.375. The SMILES string of the molecule is C=c1c(=CC)c2ccccc2n1CCCN(C)C. The lowest BCUT2D eigenvalue weighted by Gasteiger charge is -2.10. The topological polar surface area (TPSA) is 8.17 Å². The molecule has 1 aromatic carbocycles. The lowest BCUT2D eigenvalue weighted by molar-refractivity contribution is 0.387. The number of aromatic nitrogens is 1. The normalized spacial score (nSPS) is 12.8. The van der Waals surface area contributed by atoms with E-state index in [4.69, 9.17) is 0 Å². The van der Waals surface area contributed by atoms with E-state index in [1.807, 2.05) is 0 Å². The van der Waals surface area contributed by atoms with E-state index in [1.54, 1.807) is 0 Å². The fourth-order valence-electron chi connectivity index (χ4n) is 2.51. The molecule has 0 unspecified atom stereocenters. The maximum absolute atomic E-state index is 4.24. The number of benzene rings is 1. The van der Waals surface area contributed by atoms with Gasteiger partial charge in [-0.05, 0) is 40.1 Å². The summed E-state index contributed by atoms with van der Waals surface area (Å²) in [5.41, 5.74) is 1.30. The number of aryl methyl sites for hydroxylation is 1. The molecule has 0 fully saturated rings. The van der Waals surface area contributed by atoms with Gasteiger partial charge in [0.1, 0.15) is 0 Å². The van der Waals surface area contributed by atoms with Gasteiger partial charge in [-0.2, -0.15) is 0 Å². The summed E-state index contributed by atoms with van der Waals surface area (Å²) in [7, 11) is 4.23. The van der Waals surface area contributed by atoms with Crippen molar-refractivity contribution in [2.24, 2.45) is 0 Å². The Morgan fingerprint density at radius 1 is 1.28 bits per heavy atom. The zero-order chi connectivity index (χ0) is 13.1. The zero-order valence-electron chi connectivity index (χ0n) is 11.6. The van der Waals surface area contributed by atoms with Crippen LogP contribution in [0.1, 0.15) is 13.3 Å². The maximum atomic E-state index is 4.24. The van der Waals surface area contributed by atoms with Gasteiger partial charge in [-0.15, -0.1) is 0 Å². The summed E-state index contributed by atoms with van der Waals surface area (Å²) in [6, 6.07) is 8.57. The third kappa shape index (κ3) is 2.34. The lowest BCUT2D eigenvalue weighted by atomic mass is 10.2. The van der Waals surface area contributed by atoms with Crippen LogP contribution in [0.3, 0.4) is 0 Å². The van der Waals surface area contributed by atoms with E-state index in [9.17, 15) is 0 Å². The standard InChI is InChI=1S/C16H22N2/c1-5-14-13(2)18(12-8-11-17(3)4)16-10-7-6-9-15(14)16/h5-7,9-10H,2,8,11-12H2,1,3-4H3. The number of para-hydroxylation sites is 1. The molecule has 2 heteroatoms. The van der Waals surface area contributed by atoms with Crippen LogP contribution in [0.15, 0.2) is 24.3 Å². The zero-order valence-corrected chi connectivity index (χ0v) is 11.6. The van der Waals surface area contributed by atoms with Crippen molar-refractivity contribution in [1.29, 1.82) is 0 Å². The second kappa shape index (κ2) is 5.40. The molecule has 0 bridgehead atoms. The molecule has 0 radical (unpaired) electrons. The van der Waals surface area contributed by atoms with Crippen LogP contribution in [0, 0.1) is 0 Å². The smallest absolute Gasteiger partial charge is 0.0491 e. The molecule has 0 aliphatic rings. The van der Waals surface area contributed by atoms with Crippen molar-refractivity contribution in [3.8, 4) is 0 Å². The summed E-state index contributed by atoms with van der Waals surface area (Å²) in [6.45, 7) is 8.47. The van der Waals surface area contributed by atoms with Crippen molar-refractivity contribution in [1.82, 2.24) is 9.47 Å². The Kier molecular flexibility index (Phi) is 3.87. The van der Waals surface area contributed by atoms with E-state index in [2.05, 4.69) is 67.4 Å². The van der Waals surface area contributed by atoms with Crippen molar-refractivity contribution in [3.63, 3.8) is 0 Å². The quantitative estimate of drug-likeness (QED) is 0.794. The van der Waals surface area contributed by atoms with Gasteiger partial charge in [0.2, 0.25) is 0 Å². The van der Waals surface area contributed by atoms with Gasteiger partial charge >= 0.3 is 0 Å². The molecule has 1 aromatic heterocycles. The summed E-state index contributed by atoms with van der Waals surface area (Å²) in [5, 5.41) is 3.72. The number of nitrogens with zero attached hydrogens (tertiary/aromatic N) is 2. The molecule has 0 saturated heterocycles. The lowest BCUT2D eigenvalue weighted by Crippen LogP contribution is -2.28. The van der Waals surface area contributed by atoms with Crippen LogP contribution in [0.4, 0.5) is 0 Å². The molecule has 18 heavy (non-hydrogen) atoms. The van der Waals surface area contributed by atoms with Crippen molar-refractivity contribution in [3.05, 3.63) is 34.8 Å². The number of hydrogen-bond acceptors (Lipinski definition) is 1. The highest BCUT2D eigenvalue weighted by atomic mass is 15.1. The number of hydrogen-bond donors (Lipinski definition) is 0. The Balaban J connectivity index is 2.44. The minimum atomic E-state index is 1.03. The van der Waals surface area contributed by atoms with Crippen LogP contribution < -0.4 is 10.6 Å². The first-order valence-corrected chi connectivity index (χ1v) is 6.52. The first-order valence-electron chi connectivity index (χ1n) is 6.52. The Bertz CT molecular complexity index is 635. The predicted molar refractivity (Wildman–Crippen MR) is 80.0 cm³/mol. The van der Waals surface area contributed by atoms with Gasteiger partial charge in [0.05, 0.1) is 0 Å². The fourth-order valence-corrected chi connectivity index (χ4v) is 2.51. The molecule has 1 heterocycles. The minimum Gasteiger partial charge on any atom is -0.341 e. The van der Waals surface area contributed by atoms with Crippen molar-refractivity contribution in [2.75, 3.05) is 20.6 Å². The Morgan fingerprint density at radius 2 is 2.00 bits per heavy atom. The average Bonchev–Trinajstić information content (AvgIpc) is 2.62. The molecular weight excluding hydrogens is 220 g/mol. The number of rotatable bonds is 4. The van der Waals surface area contributed by atoms with Gasteiger partial charge < -0.3 is 9.47 Å². The second-order valence-electron chi connectivity index (χ2n) is 4.97. The van der Waals surface area contributed by atoms with Crippen molar-refractivity contribution in [2.45, 2.75) is 19.9 Å². The molecule has 0 atom stereocenters. The highest BCUT2D eigenvalue weighted by molar-refractivity contribution is 5.81. The molecule has 96 valence electrons. The van der Waals surface area contributed by atoms with Gasteiger partial charge in [-0.3, -0.25) is 0 Å². The molecule has 0 spiro atoms. The molecular formula is C16H22N2. The van der Waals surface area contributed by atoms with E-state index < -0.39 is 0 Å². The second-order valence-corrected chi connectivity index (χ2v) is 4.97. The maximum Gasteiger partial charge on any atom is 0.0491 e. The van der Waals surface area contributed by atoms with Crippen LogP contribution in [0.25, 0.3) is 23.6 Å². The van der Waals surface area contributed by atoms with E-state index in [1.165, 1.54) is 16.1 Å². The highest BCUT2D eigenvalue weighted by Crippen LogP contribution is 2.08. The summed E-state index contributed by atoms with van der Waals surface area (Å²) >= 11 is 0. The molecule has 2 rings (SSSR count). The summed E-state index contributed by atoms with van der Waals surface area (Å²) < 4.78 is 2.34. The molecule has 0 saturated carbocycles. The molecule has 2 nitrogen and oxygen atoms in total. The Hall–Kier alpha value is -1.54. The first kappa shape index (κ1) is 12.9. The molecule has 0 aliphatic carbocycles. The van der Waals surface area contributed by atoms with Gasteiger partial charge in [0.25, 0.3) is 0 Å². The predicted octanol–water partition coefficient (Wildman–Crippen LogP) is 1.80. The van der Waals surface area contributed by atoms with Crippen molar-refractivity contribution >= 4 is 23.6 Å². The number of fused-ring (bicyclic) bond motifs is 1. The van der Waals surface area contributed by atoms with Crippen LogP contribution in [0.5, 0.6) is 0 Å². The third-order valence-corrected chi connectivity index (χ3v) is 3.40. The van der Waals surface area contributed by atoms with Gasteiger partial charge in [0, 0.05) is 28.0 Å². The van der Waals surface area contributed by atoms with Crippen LogP contribution in [0.2, 0.25) is 0 Å². The van der Waals surface area contributed by atoms with Crippen LogP contribution in [-0.4, -0.2) is 30.1 Å². The minimum absolute atomic E-state index is 1.03. The highest BCUT2D eigenvalue weighted by Gasteiger charge is 2.04. The summed E-state index contributed by atoms with van der Waals surface area (Å²) in [6.07, 6.45) is 3.31. The van der Waals surface area contributed by atoms with E-state index in [0.717, 1.165) is 24.9 Å². The average molecular weight is 242 g/mol. The molecule has 0 aliphatic heterocycles. The van der Waals surface area contributed by atoms with Crippen molar-refractivity contribution < 1.29 is 0 Å². The van der Waals surface area contributed by atoms with Crippen LogP contribution >= 0.6 is 0 Å². The molecule has 2 aromatic rings. The van der Waals surface area contributed by atoms with Gasteiger partial charge in [-0.1, -0.05) is 30.9 Å². The Labute approximate surface area is 109 Å². The molecule has 0 N–H and O–H groups in total. The summed E-state index contributed by atoms with van der Waals surface area (Å²) in [4.78, 5) is 2.22. The first-order chi connectivity index (χ1) is 8.65. The third-order valence-electron chi connectivity index (χ3n) is 3.40. The van der Waals surface area contributed by atoms with Gasteiger partial charge in [0.15, 0.2) is 0 Å². The van der Waals surface area contributed by atoms with Crippen LogP contribution in [-0.2, 0) is 6.54 Å². The largest absolute Gasteiger partial charge is 0.341 e. The summed E-state index contributed by atoms with van der Waals surface area (Å²) in [5.74, 6) is 0.